The van der Waals surface area contributed by atoms with Gasteiger partial charge >= 0.3 is 0 Å². The van der Waals surface area contributed by atoms with Crippen LogP contribution in [-0.2, 0) is 10.0 Å². The number of benzene rings is 2. The SMILES string of the molecule is CCN=C(NS(=O)(=O)c1ccc(C)cc1)c1ccccc1. The summed E-state index contributed by atoms with van der Waals surface area (Å²) in [5.41, 5.74) is 1.76. The fourth-order valence-electron chi connectivity index (χ4n) is 1.84. The number of sulfonamides is 1. The van der Waals surface area contributed by atoms with Crippen molar-refractivity contribution in [1.29, 1.82) is 0 Å². The molecule has 0 aromatic heterocycles. The first-order valence-electron chi connectivity index (χ1n) is 6.72. The molecule has 2 aromatic rings. The smallest absolute Gasteiger partial charge is 0.263 e. The maximum Gasteiger partial charge on any atom is 0.263 e. The summed E-state index contributed by atoms with van der Waals surface area (Å²) >= 11 is 0. The van der Waals surface area contributed by atoms with Crippen molar-refractivity contribution in [3.63, 3.8) is 0 Å². The number of aryl methyl sites for hydroxylation is 1. The van der Waals surface area contributed by atoms with Crippen LogP contribution in [0.4, 0.5) is 0 Å². The maximum absolute atomic E-state index is 12.4. The molecule has 0 aliphatic heterocycles. The van der Waals surface area contributed by atoms with Gasteiger partial charge in [0.1, 0.15) is 5.84 Å². The molecule has 0 heterocycles. The monoisotopic (exact) mass is 302 g/mol. The molecule has 0 aliphatic carbocycles. The van der Waals surface area contributed by atoms with Crippen molar-refractivity contribution < 1.29 is 8.42 Å². The summed E-state index contributed by atoms with van der Waals surface area (Å²) in [6, 6.07) is 15.9. The predicted molar refractivity (Wildman–Crippen MR) is 85.0 cm³/mol. The summed E-state index contributed by atoms with van der Waals surface area (Å²) < 4.78 is 27.4. The van der Waals surface area contributed by atoms with Gasteiger partial charge in [-0.1, -0.05) is 48.0 Å². The van der Waals surface area contributed by atoms with Gasteiger partial charge in [0.15, 0.2) is 0 Å². The predicted octanol–water partition coefficient (Wildman–Crippen LogP) is 2.74. The number of nitrogens with zero attached hydrogens (tertiary/aromatic N) is 1. The normalized spacial score (nSPS) is 12.2. The van der Waals surface area contributed by atoms with Gasteiger partial charge in [-0.15, -0.1) is 0 Å². The number of hydrogen-bond donors (Lipinski definition) is 1. The van der Waals surface area contributed by atoms with E-state index in [4.69, 9.17) is 0 Å². The average molecular weight is 302 g/mol. The summed E-state index contributed by atoms with van der Waals surface area (Å²) in [4.78, 5) is 4.48. The van der Waals surface area contributed by atoms with Crippen LogP contribution in [0.2, 0.25) is 0 Å². The molecule has 0 atom stereocenters. The highest BCUT2D eigenvalue weighted by molar-refractivity contribution is 7.90. The van der Waals surface area contributed by atoms with Gasteiger partial charge in [0.25, 0.3) is 10.0 Å². The molecule has 0 amide bonds. The minimum Gasteiger partial charge on any atom is -0.268 e. The van der Waals surface area contributed by atoms with Crippen molar-refractivity contribution in [1.82, 2.24) is 4.72 Å². The van der Waals surface area contributed by atoms with E-state index >= 15 is 0 Å². The van der Waals surface area contributed by atoms with Crippen LogP contribution in [0.1, 0.15) is 18.1 Å². The van der Waals surface area contributed by atoms with Crippen LogP contribution < -0.4 is 4.72 Å². The third kappa shape index (κ3) is 3.92. The second kappa shape index (κ2) is 6.54. The molecule has 1 N–H and O–H groups in total. The van der Waals surface area contributed by atoms with Crippen molar-refractivity contribution >= 4 is 15.9 Å². The van der Waals surface area contributed by atoms with Crippen molar-refractivity contribution in [2.75, 3.05) is 6.54 Å². The van der Waals surface area contributed by atoms with Gasteiger partial charge in [0.2, 0.25) is 0 Å². The van der Waals surface area contributed by atoms with Crippen LogP contribution in [0.5, 0.6) is 0 Å². The lowest BCUT2D eigenvalue weighted by Crippen LogP contribution is -2.31. The Morgan fingerprint density at radius 1 is 1.05 bits per heavy atom. The fourth-order valence-corrected chi connectivity index (χ4v) is 2.89. The molecule has 0 saturated heterocycles. The molecule has 0 radical (unpaired) electrons. The topological polar surface area (TPSA) is 58.5 Å². The van der Waals surface area contributed by atoms with Crippen LogP contribution in [0.25, 0.3) is 0 Å². The number of hydrogen-bond acceptors (Lipinski definition) is 3. The first kappa shape index (κ1) is 15.3. The van der Waals surface area contributed by atoms with E-state index in [2.05, 4.69) is 9.71 Å². The zero-order chi connectivity index (χ0) is 15.3. The molecule has 0 spiro atoms. The van der Waals surface area contributed by atoms with Gasteiger partial charge in [-0.05, 0) is 26.0 Å². The molecule has 0 unspecified atom stereocenters. The van der Waals surface area contributed by atoms with Crippen molar-refractivity contribution in [2.45, 2.75) is 18.7 Å². The molecule has 2 rings (SSSR count). The second-order valence-corrected chi connectivity index (χ2v) is 6.29. The highest BCUT2D eigenvalue weighted by atomic mass is 32.2. The Labute approximate surface area is 125 Å². The lowest BCUT2D eigenvalue weighted by atomic mass is 10.2. The fraction of sp³-hybridized carbons (Fsp3) is 0.188. The Balaban J connectivity index is 2.33. The van der Waals surface area contributed by atoms with Gasteiger partial charge < -0.3 is 0 Å². The summed E-state index contributed by atoms with van der Waals surface area (Å²) in [6.45, 7) is 4.28. The lowest BCUT2D eigenvalue weighted by molar-refractivity contribution is 0.592. The van der Waals surface area contributed by atoms with E-state index < -0.39 is 10.0 Å². The standard InChI is InChI=1S/C16H18N2O2S/c1-3-17-16(14-7-5-4-6-8-14)18-21(19,20)15-11-9-13(2)10-12-15/h4-12H,3H2,1-2H3,(H,17,18). The van der Waals surface area contributed by atoms with Crippen LogP contribution in [0.3, 0.4) is 0 Å². The molecule has 0 saturated carbocycles. The van der Waals surface area contributed by atoms with Crippen LogP contribution in [-0.4, -0.2) is 20.8 Å². The van der Waals surface area contributed by atoms with E-state index in [1.54, 1.807) is 24.3 Å². The Morgan fingerprint density at radius 2 is 1.67 bits per heavy atom. The van der Waals surface area contributed by atoms with Crippen molar-refractivity contribution in [2.24, 2.45) is 4.99 Å². The van der Waals surface area contributed by atoms with E-state index in [0.29, 0.717) is 12.4 Å². The Hall–Kier alpha value is -2.14. The van der Waals surface area contributed by atoms with E-state index in [1.165, 1.54) is 0 Å². The highest BCUT2D eigenvalue weighted by Crippen LogP contribution is 2.11. The largest absolute Gasteiger partial charge is 0.268 e. The third-order valence-corrected chi connectivity index (χ3v) is 4.28. The summed E-state index contributed by atoms with van der Waals surface area (Å²) in [5, 5.41) is 0. The molecular formula is C16H18N2O2S. The molecule has 0 fully saturated rings. The number of rotatable bonds is 4. The molecule has 0 bridgehead atoms. The molecule has 21 heavy (non-hydrogen) atoms. The Bertz CT molecular complexity index is 721. The minimum atomic E-state index is -3.63. The van der Waals surface area contributed by atoms with Crippen molar-refractivity contribution in [3.05, 3.63) is 65.7 Å². The van der Waals surface area contributed by atoms with Gasteiger partial charge in [-0.3, -0.25) is 9.71 Å². The number of nitrogens with one attached hydrogen (secondary N) is 1. The summed E-state index contributed by atoms with van der Waals surface area (Å²) in [7, 11) is -3.63. The van der Waals surface area contributed by atoms with Crippen LogP contribution in [0.15, 0.2) is 64.5 Å². The van der Waals surface area contributed by atoms with Gasteiger partial charge in [0, 0.05) is 12.1 Å². The van der Waals surface area contributed by atoms with Crippen LogP contribution >= 0.6 is 0 Å². The minimum absolute atomic E-state index is 0.229. The zero-order valence-corrected chi connectivity index (χ0v) is 12.9. The lowest BCUT2D eigenvalue weighted by Gasteiger charge is -2.11. The molecular weight excluding hydrogens is 284 g/mol. The highest BCUT2D eigenvalue weighted by Gasteiger charge is 2.16. The van der Waals surface area contributed by atoms with E-state index in [0.717, 1.165) is 11.1 Å². The molecule has 110 valence electrons. The van der Waals surface area contributed by atoms with Gasteiger partial charge in [0.05, 0.1) is 4.90 Å². The average Bonchev–Trinajstić information content (AvgIpc) is 2.48. The quantitative estimate of drug-likeness (QED) is 0.697. The molecule has 4 nitrogen and oxygen atoms in total. The number of aliphatic imine (C=N–C) groups is 1. The Kier molecular flexibility index (Phi) is 4.75. The van der Waals surface area contributed by atoms with Gasteiger partial charge in [-0.25, -0.2) is 8.42 Å². The first-order chi connectivity index (χ1) is 10.0. The van der Waals surface area contributed by atoms with E-state index in [9.17, 15) is 8.42 Å². The third-order valence-electron chi connectivity index (χ3n) is 2.93. The zero-order valence-electron chi connectivity index (χ0n) is 12.1. The van der Waals surface area contributed by atoms with E-state index in [-0.39, 0.29) is 4.90 Å². The van der Waals surface area contributed by atoms with E-state index in [1.807, 2.05) is 44.2 Å². The molecule has 5 heteroatoms. The Morgan fingerprint density at radius 3 is 2.24 bits per heavy atom. The molecule has 2 aromatic carbocycles. The molecule has 0 aliphatic rings. The second-order valence-electron chi connectivity index (χ2n) is 4.61. The number of amidine groups is 1. The van der Waals surface area contributed by atoms with Crippen LogP contribution in [0, 0.1) is 6.92 Å². The summed E-state index contributed by atoms with van der Waals surface area (Å²) in [5.74, 6) is 0.360. The first-order valence-corrected chi connectivity index (χ1v) is 8.20. The summed E-state index contributed by atoms with van der Waals surface area (Å²) in [6.07, 6.45) is 0. The van der Waals surface area contributed by atoms with Gasteiger partial charge in [-0.2, -0.15) is 0 Å². The maximum atomic E-state index is 12.4. The van der Waals surface area contributed by atoms with Crippen molar-refractivity contribution in [3.8, 4) is 0 Å².